The van der Waals surface area contributed by atoms with Crippen LogP contribution in [0.2, 0.25) is 0 Å². The van der Waals surface area contributed by atoms with Crippen LogP contribution in [-0.4, -0.2) is 5.33 Å². The SMILES string of the molecule is FC(F)(F)c1ccc(CCCBr)c(Br)c1. The highest BCUT2D eigenvalue weighted by Crippen LogP contribution is 2.32. The van der Waals surface area contributed by atoms with Gasteiger partial charge in [0.1, 0.15) is 0 Å². The number of benzene rings is 1. The van der Waals surface area contributed by atoms with Crippen LogP contribution in [0.1, 0.15) is 17.5 Å². The van der Waals surface area contributed by atoms with E-state index in [1.165, 1.54) is 6.07 Å². The minimum absolute atomic E-state index is 0.526. The summed E-state index contributed by atoms with van der Waals surface area (Å²) in [6, 6.07) is 3.77. The fraction of sp³-hybridized carbons (Fsp3) is 0.400. The predicted molar refractivity (Wildman–Crippen MR) is 61.3 cm³/mol. The number of halogens is 5. The van der Waals surface area contributed by atoms with Crippen molar-refractivity contribution in [3.8, 4) is 0 Å². The number of hydrogen-bond acceptors (Lipinski definition) is 0. The van der Waals surface area contributed by atoms with E-state index in [-0.39, 0.29) is 0 Å². The summed E-state index contributed by atoms with van der Waals surface area (Å²) in [6.07, 6.45) is -2.59. The van der Waals surface area contributed by atoms with Crippen LogP contribution in [0.3, 0.4) is 0 Å². The summed E-state index contributed by atoms with van der Waals surface area (Å²) in [5.74, 6) is 0. The minimum atomic E-state index is -4.27. The third-order valence-electron chi connectivity index (χ3n) is 1.96. The maximum Gasteiger partial charge on any atom is 0.416 e. The molecule has 0 fully saturated rings. The van der Waals surface area contributed by atoms with Gasteiger partial charge >= 0.3 is 6.18 Å². The molecule has 84 valence electrons. The van der Waals surface area contributed by atoms with E-state index in [2.05, 4.69) is 31.9 Å². The van der Waals surface area contributed by atoms with Gasteiger partial charge in [0, 0.05) is 9.80 Å². The second-order valence-electron chi connectivity index (χ2n) is 3.10. The molecule has 0 aliphatic carbocycles. The molecule has 0 N–H and O–H groups in total. The molecule has 0 aromatic heterocycles. The second kappa shape index (κ2) is 5.34. The Kier molecular flexibility index (Phi) is 4.64. The highest BCUT2D eigenvalue weighted by molar-refractivity contribution is 9.10. The van der Waals surface area contributed by atoms with Crippen LogP contribution in [0, 0.1) is 0 Å². The summed E-state index contributed by atoms with van der Waals surface area (Å²) in [6.45, 7) is 0. The first kappa shape index (κ1) is 13.0. The Morgan fingerprint density at radius 1 is 1.20 bits per heavy atom. The zero-order valence-corrected chi connectivity index (χ0v) is 10.9. The van der Waals surface area contributed by atoms with Crippen LogP contribution in [0.25, 0.3) is 0 Å². The molecule has 0 heterocycles. The predicted octanol–water partition coefficient (Wildman–Crippen LogP) is 4.80. The molecular weight excluding hydrogens is 337 g/mol. The van der Waals surface area contributed by atoms with E-state index >= 15 is 0 Å². The maximum atomic E-state index is 12.3. The van der Waals surface area contributed by atoms with Crippen molar-refractivity contribution >= 4 is 31.9 Å². The molecule has 0 atom stereocenters. The molecule has 5 heteroatoms. The van der Waals surface area contributed by atoms with E-state index in [4.69, 9.17) is 0 Å². The molecule has 0 nitrogen and oxygen atoms in total. The molecular formula is C10H9Br2F3. The smallest absolute Gasteiger partial charge is 0.166 e. The number of hydrogen-bond donors (Lipinski definition) is 0. The van der Waals surface area contributed by atoms with Gasteiger partial charge < -0.3 is 0 Å². The number of rotatable bonds is 3. The highest BCUT2D eigenvalue weighted by atomic mass is 79.9. The minimum Gasteiger partial charge on any atom is -0.166 e. The molecule has 0 aliphatic rings. The van der Waals surface area contributed by atoms with E-state index in [0.717, 1.165) is 35.9 Å². The molecule has 0 amide bonds. The van der Waals surface area contributed by atoms with Crippen molar-refractivity contribution in [2.75, 3.05) is 5.33 Å². The van der Waals surface area contributed by atoms with Gasteiger partial charge in [0.2, 0.25) is 0 Å². The van der Waals surface area contributed by atoms with E-state index < -0.39 is 11.7 Å². The first-order valence-electron chi connectivity index (χ1n) is 4.36. The fourth-order valence-corrected chi connectivity index (χ4v) is 2.04. The summed E-state index contributed by atoms with van der Waals surface area (Å²) >= 11 is 6.44. The zero-order valence-electron chi connectivity index (χ0n) is 7.74. The molecule has 1 aromatic rings. The third-order valence-corrected chi connectivity index (χ3v) is 3.26. The van der Waals surface area contributed by atoms with Crippen molar-refractivity contribution in [2.24, 2.45) is 0 Å². The fourth-order valence-electron chi connectivity index (χ4n) is 1.18. The molecule has 0 spiro atoms. The number of aryl methyl sites for hydroxylation is 1. The summed E-state index contributed by atoms with van der Waals surface area (Å²) in [7, 11) is 0. The van der Waals surface area contributed by atoms with Gasteiger partial charge in [-0.15, -0.1) is 0 Å². The first-order valence-corrected chi connectivity index (χ1v) is 6.28. The Labute approximate surface area is 103 Å². The quantitative estimate of drug-likeness (QED) is 0.690. The molecule has 0 aliphatic heterocycles. The van der Waals surface area contributed by atoms with Gasteiger partial charge in [0.25, 0.3) is 0 Å². The Hall–Kier alpha value is -0.0300. The number of alkyl halides is 4. The van der Waals surface area contributed by atoms with Crippen molar-refractivity contribution in [3.63, 3.8) is 0 Å². The lowest BCUT2D eigenvalue weighted by atomic mass is 10.1. The summed E-state index contributed by atoms with van der Waals surface area (Å²) in [4.78, 5) is 0. The van der Waals surface area contributed by atoms with E-state index in [1.54, 1.807) is 0 Å². The average Bonchev–Trinajstić information content (AvgIpc) is 2.14. The summed E-state index contributed by atoms with van der Waals surface area (Å²) in [5, 5.41) is 0.848. The molecule has 0 bridgehead atoms. The first-order chi connectivity index (χ1) is 6.95. The molecule has 15 heavy (non-hydrogen) atoms. The standard InChI is InChI=1S/C10H9Br2F3/c11-5-1-2-7-3-4-8(6-9(7)12)10(13,14)15/h3-4,6H,1-2,5H2. The van der Waals surface area contributed by atoms with Crippen LogP contribution in [-0.2, 0) is 12.6 Å². The van der Waals surface area contributed by atoms with Crippen molar-refractivity contribution in [1.82, 2.24) is 0 Å². The van der Waals surface area contributed by atoms with Crippen LogP contribution in [0.5, 0.6) is 0 Å². The van der Waals surface area contributed by atoms with Crippen LogP contribution in [0.15, 0.2) is 22.7 Å². The zero-order chi connectivity index (χ0) is 11.5. The third kappa shape index (κ3) is 3.79. The molecule has 0 unspecified atom stereocenters. The van der Waals surface area contributed by atoms with Gasteiger partial charge in [-0.2, -0.15) is 13.2 Å². The Morgan fingerprint density at radius 2 is 1.87 bits per heavy atom. The van der Waals surface area contributed by atoms with Crippen molar-refractivity contribution in [3.05, 3.63) is 33.8 Å². The van der Waals surface area contributed by atoms with Crippen molar-refractivity contribution in [1.29, 1.82) is 0 Å². The van der Waals surface area contributed by atoms with Crippen LogP contribution < -0.4 is 0 Å². The topological polar surface area (TPSA) is 0 Å². The second-order valence-corrected chi connectivity index (χ2v) is 4.74. The monoisotopic (exact) mass is 344 g/mol. The lowest BCUT2D eigenvalue weighted by molar-refractivity contribution is -0.137. The van der Waals surface area contributed by atoms with Gasteiger partial charge in [-0.05, 0) is 30.5 Å². The Bertz CT molecular complexity index is 334. The summed E-state index contributed by atoms with van der Waals surface area (Å²) in [5.41, 5.74) is 0.291. The largest absolute Gasteiger partial charge is 0.416 e. The van der Waals surface area contributed by atoms with Crippen LogP contribution in [0.4, 0.5) is 13.2 Å². The molecule has 0 saturated carbocycles. The molecule has 0 saturated heterocycles. The lowest BCUT2D eigenvalue weighted by Crippen LogP contribution is -2.05. The molecule has 1 rings (SSSR count). The van der Waals surface area contributed by atoms with E-state index in [1.807, 2.05) is 0 Å². The van der Waals surface area contributed by atoms with Crippen LogP contribution >= 0.6 is 31.9 Å². The van der Waals surface area contributed by atoms with Gasteiger partial charge in [0.05, 0.1) is 5.56 Å². The average molecular weight is 346 g/mol. The Morgan fingerprint density at radius 3 is 2.33 bits per heavy atom. The van der Waals surface area contributed by atoms with E-state index in [9.17, 15) is 13.2 Å². The van der Waals surface area contributed by atoms with Gasteiger partial charge in [-0.3, -0.25) is 0 Å². The lowest BCUT2D eigenvalue weighted by Gasteiger charge is -2.09. The van der Waals surface area contributed by atoms with Crippen molar-refractivity contribution in [2.45, 2.75) is 19.0 Å². The van der Waals surface area contributed by atoms with Gasteiger partial charge in [-0.25, -0.2) is 0 Å². The summed E-state index contributed by atoms with van der Waals surface area (Å²) < 4.78 is 37.5. The highest BCUT2D eigenvalue weighted by Gasteiger charge is 2.30. The van der Waals surface area contributed by atoms with Gasteiger partial charge in [-0.1, -0.05) is 37.9 Å². The molecule has 0 radical (unpaired) electrons. The molecule has 1 aromatic carbocycles. The van der Waals surface area contributed by atoms with Crippen molar-refractivity contribution < 1.29 is 13.2 Å². The Balaban J connectivity index is 2.88. The maximum absolute atomic E-state index is 12.3. The van der Waals surface area contributed by atoms with E-state index in [0.29, 0.717) is 4.47 Å². The normalized spacial score (nSPS) is 11.8. The van der Waals surface area contributed by atoms with Gasteiger partial charge in [0.15, 0.2) is 0 Å².